The summed E-state index contributed by atoms with van der Waals surface area (Å²) in [6.07, 6.45) is 6.05. The maximum absolute atomic E-state index is 5.93. The fourth-order valence-corrected chi connectivity index (χ4v) is 3.45. The van der Waals surface area contributed by atoms with E-state index in [-0.39, 0.29) is 5.54 Å². The van der Waals surface area contributed by atoms with Gasteiger partial charge in [0.05, 0.1) is 0 Å². The molecule has 0 amide bonds. The molecule has 106 valence electrons. The number of aryl methyl sites for hydroxylation is 1. The average Bonchev–Trinajstić information content (AvgIpc) is 2.45. The molecule has 0 aromatic heterocycles. The van der Waals surface area contributed by atoms with Crippen molar-refractivity contribution in [3.05, 3.63) is 35.4 Å². The van der Waals surface area contributed by atoms with Gasteiger partial charge in [0.25, 0.3) is 0 Å². The second-order valence-corrected chi connectivity index (χ2v) is 6.40. The normalized spacial score (nSPS) is 21.7. The molecule has 2 rings (SSSR count). The highest BCUT2D eigenvalue weighted by atomic mass is 35.5. The molecule has 19 heavy (non-hydrogen) atoms. The predicted molar refractivity (Wildman–Crippen MR) is 84.2 cm³/mol. The lowest BCUT2D eigenvalue weighted by Crippen LogP contribution is -2.44. The molecule has 1 aliphatic rings. The minimum Gasteiger partial charge on any atom is -0.311 e. The van der Waals surface area contributed by atoms with Crippen molar-refractivity contribution < 1.29 is 0 Å². The number of rotatable bonds is 6. The molecular formula is C17H26ClN. The van der Waals surface area contributed by atoms with Crippen LogP contribution in [0.15, 0.2) is 24.3 Å². The van der Waals surface area contributed by atoms with Gasteiger partial charge < -0.3 is 5.32 Å². The first kappa shape index (κ1) is 14.9. The van der Waals surface area contributed by atoms with Crippen LogP contribution in [0.3, 0.4) is 0 Å². The summed E-state index contributed by atoms with van der Waals surface area (Å²) in [6, 6.07) is 8.94. The van der Waals surface area contributed by atoms with Crippen LogP contribution in [0.2, 0.25) is 0 Å². The van der Waals surface area contributed by atoms with Crippen LogP contribution in [0.1, 0.15) is 56.6 Å². The van der Waals surface area contributed by atoms with Gasteiger partial charge in [-0.2, -0.15) is 0 Å². The summed E-state index contributed by atoms with van der Waals surface area (Å²) in [6.45, 7) is 5.62. The summed E-state index contributed by atoms with van der Waals surface area (Å²) in [5, 5.41) is 3.77. The third-order valence-electron chi connectivity index (χ3n) is 4.70. The second kappa shape index (κ2) is 6.76. The number of halogens is 1. The highest BCUT2D eigenvalue weighted by Crippen LogP contribution is 2.31. The van der Waals surface area contributed by atoms with Crippen molar-refractivity contribution in [3.8, 4) is 0 Å². The van der Waals surface area contributed by atoms with Crippen LogP contribution in [0.25, 0.3) is 0 Å². The standard InChI is InChI=1S/C17H26ClN/c1-3-17(2,11-12-18)19-13-15-9-6-8-14-7-4-5-10-16(14)15/h4-5,7,10,15,19H,3,6,8-9,11-13H2,1-2H3. The monoisotopic (exact) mass is 279 g/mol. The van der Waals surface area contributed by atoms with Gasteiger partial charge in [0.1, 0.15) is 0 Å². The Balaban J connectivity index is 2.01. The summed E-state index contributed by atoms with van der Waals surface area (Å²) in [5.41, 5.74) is 3.30. The highest BCUT2D eigenvalue weighted by Gasteiger charge is 2.25. The molecule has 1 nitrogen and oxygen atoms in total. The van der Waals surface area contributed by atoms with Crippen LogP contribution >= 0.6 is 11.6 Å². The van der Waals surface area contributed by atoms with E-state index in [1.807, 2.05) is 0 Å². The molecule has 2 heteroatoms. The van der Waals surface area contributed by atoms with Crippen molar-refractivity contribution in [2.75, 3.05) is 12.4 Å². The topological polar surface area (TPSA) is 12.0 Å². The molecule has 1 aromatic carbocycles. The van der Waals surface area contributed by atoms with Crippen molar-refractivity contribution in [1.82, 2.24) is 5.32 Å². The van der Waals surface area contributed by atoms with E-state index in [4.69, 9.17) is 11.6 Å². The van der Waals surface area contributed by atoms with Crippen molar-refractivity contribution in [3.63, 3.8) is 0 Å². The lowest BCUT2D eigenvalue weighted by Gasteiger charge is -2.33. The summed E-state index contributed by atoms with van der Waals surface area (Å²) in [4.78, 5) is 0. The van der Waals surface area contributed by atoms with Gasteiger partial charge in [-0.3, -0.25) is 0 Å². The number of nitrogens with one attached hydrogen (secondary N) is 1. The van der Waals surface area contributed by atoms with Gasteiger partial charge in [0, 0.05) is 18.0 Å². The number of fused-ring (bicyclic) bond motifs is 1. The Morgan fingerprint density at radius 2 is 2.16 bits per heavy atom. The largest absolute Gasteiger partial charge is 0.311 e. The molecule has 0 bridgehead atoms. The minimum atomic E-state index is 0.189. The molecule has 0 spiro atoms. The quantitative estimate of drug-likeness (QED) is 0.757. The smallest absolute Gasteiger partial charge is 0.0240 e. The summed E-state index contributed by atoms with van der Waals surface area (Å²) in [7, 11) is 0. The number of hydrogen-bond donors (Lipinski definition) is 1. The van der Waals surface area contributed by atoms with Gasteiger partial charge in [-0.15, -0.1) is 11.6 Å². The van der Waals surface area contributed by atoms with E-state index in [9.17, 15) is 0 Å². The van der Waals surface area contributed by atoms with Crippen molar-refractivity contribution in [2.45, 2.75) is 57.4 Å². The van der Waals surface area contributed by atoms with Crippen molar-refractivity contribution >= 4 is 11.6 Å². The second-order valence-electron chi connectivity index (χ2n) is 6.02. The minimum absolute atomic E-state index is 0.189. The molecular weight excluding hydrogens is 254 g/mol. The van der Waals surface area contributed by atoms with E-state index in [2.05, 4.69) is 43.4 Å². The van der Waals surface area contributed by atoms with Gasteiger partial charge in [-0.1, -0.05) is 31.2 Å². The van der Waals surface area contributed by atoms with E-state index in [1.54, 1.807) is 11.1 Å². The van der Waals surface area contributed by atoms with Crippen molar-refractivity contribution in [2.24, 2.45) is 0 Å². The first-order valence-corrected chi connectivity index (χ1v) is 8.11. The van der Waals surface area contributed by atoms with E-state index < -0.39 is 0 Å². The lowest BCUT2D eigenvalue weighted by molar-refractivity contribution is 0.317. The molecule has 0 saturated carbocycles. The van der Waals surface area contributed by atoms with Crippen LogP contribution < -0.4 is 5.32 Å². The molecule has 1 aliphatic carbocycles. The predicted octanol–water partition coefficient (Wildman–Crippen LogP) is 4.49. The van der Waals surface area contributed by atoms with Crippen LogP contribution in [0.5, 0.6) is 0 Å². The van der Waals surface area contributed by atoms with E-state index in [0.717, 1.165) is 25.3 Å². The van der Waals surface area contributed by atoms with Crippen molar-refractivity contribution in [1.29, 1.82) is 0 Å². The van der Waals surface area contributed by atoms with Gasteiger partial charge in [0.2, 0.25) is 0 Å². The first-order chi connectivity index (χ1) is 9.18. The van der Waals surface area contributed by atoms with E-state index >= 15 is 0 Å². The number of hydrogen-bond acceptors (Lipinski definition) is 1. The van der Waals surface area contributed by atoms with Gasteiger partial charge in [-0.05, 0) is 56.1 Å². The lowest BCUT2D eigenvalue weighted by atomic mass is 9.82. The molecule has 1 aromatic rings. The van der Waals surface area contributed by atoms with Gasteiger partial charge >= 0.3 is 0 Å². The Bertz CT molecular complexity index is 404. The third-order valence-corrected chi connectivity index (χ3v) is 4.88. The maximum atomic E-state index is 5.93. The van der Waals surface area contributed by atoms with Crippen LogP contribution in [-0.2, 0) is 6.42 Å². The molecule has 0 heterocycles. The Hall–Kier alpha value is -0.530. The molecule has 0 radical (unpaired) electrons. The Morgan fingerprint density at radius 1 is 1.37 bits per heavy atom. The Kier molecular flexibility index (Phi) is 5.29. The summed E-state index contributed by atoms with van der Waals surface area (Å²) in [5.74, 6) is 1.41. The average molecular weight is 280 g/mol. The molecule has 1 N–H and O–H groups in total. The number of benzene rings is 1. The summed E-state index contributed by atoms with van der Waals surface area (Å²) >= 11 is 5.93. The molecule has 0 aliphatic heterocycles. The fraction of sp³-hybridized carbons (Fsp3) is 0.647. The molecule has 2 unspecified atom stereocenters. The number of alkyl halides is 1. The molecule has 2 atom stereocenters. The Labute approximate surface area is 122 Å². The zero-order chi connectivity index (χ0) is 13.7. The fourth-order valence-electron chi connectivity index (χ4n) is 3.03. The zero-order valence-electron chi connectivity index (χ0n) is 12.2. The molecule has 0 saturated heterocycles. The third kappa shape index (κ3) is 3.73. The zero-order valence-corrected chi connectivity index (χ0v) is 13.0. The Morgan fingerprint density at radius 3 is 2.89 bits per heavy atom. The van der Waals surface area contributed by atoms with Crippen LogP contribution in [-0.4, -0.2) is 18.0 Å². The van der Waals surface area contributed by atoms with E-state index in [1.165, 1.54) is 19.3 Å². The highest BCUT2D eigenvalue weighted by molar-refractivity contribution is 6.17. The van der Waals surface area contributed by atoms with Crippen LogP contribution in [0, 0.1) is 0 Å². The van der Waals surface area contributed by atoms with Gasteiger partial charge in [0.15, 0.2) is 0 Å². The van der Waals surface area contributed by atoms with Crippen LogP contribution in [0.4, 0.5) is 0 Å². The SMILES string of the molecule is CCC(C)(CCCl)NCC1CCCc2ccccc21. The first-order valence-electron chi connectivity index (χ1n) is 7.57. The van der Waals surface area contributed by atoms with E-state index in [0.29, 0.717) is 5.92 Å². The van der Waals surface area contributed by atoms with Gasteiger partial charge in [-0.25, -0.2) is 0 Å². The molecule has 0 fully saturated rings. The summed E-state index contributed by atoms with van der Waals surface area (Å²) < 4.78 is 0. The maximum Gasteiger partial charge on any atom is 0.0240 e.